The molecule has 1 unspecified atom stereocenters. The first kappa shape index (κ1) is 13.4. The molecule has 3 rings (SSSR count). The van der Waals surface area contributed by atoms with Crippen molar-refractivity contribution in [2.24, 2.45) is 0 Å². The minimum absolute atomic E-state index is 0.285. The molecule has 106 valence electrons. The van der Waals surface area contributed by atoms with E-state index in [1.807, 2.05) is 18.2 Å². The van der Waals surface area contributed by atoms with Crippen molar-refractivity contribution in [3.8, 4) is 0 Å². The lowest BCUT2D eigenvalue weighted by Crippen LogP contribution is -2.34. The summed E-state index contributed by atoms with van der Waals surface area (Å²) >= 11 is 0. The topological polar surface area (TPSA) is 12.0 Å². The summed E-state index contributed by atoms with van der Waals surface area (Å²) < 4.78 is 39.8. The van der Waals surface area contributed by atoms with Crippen LogP contribution in [0, 0.1) is 0 Å². The molecule has 1 nitrogen and oxygen atoms in total. The van der Waals surface area contributed by atoms with E-state index in [1.54, 1.807) is 19.1 Å². The van der Waals surface area contributed by atoms with Crippen LogP contribution >= 0.6 is 0 Å². The Morgan fingerprint density at radius 1 is 1.10 bits per heavy atom. The third-order valence-corrected chi connectivity index (χ3v) is 3.96. The smallest absolute Gasteiger partial charge is 0.303 e. The number of hydrogen-bond acceptors (Lipinski definition) is 1. The van der Waals surface area contributed by atoms with Crippen LogP contribution in [0.1, 0.15) is 29.7 Å². The maximum absolute atomic E-state index is 13.3. The summed E-state index contributed by atoms with van der Waals surface area (Å²) in [7, 11) is 0. The van der Waals surface area contributed by atoms with Gasteiger partial charge in [-0.25, -0.2) is 0 Å². The Hall–Kier alpha value is -1.55. The molecule has 0 saturated carbocycles. The van der Waals surface area contributed by atoms with Gasteiger partial charge in [-0.3, -0.25) is 0 Å². The highest BCUT2D eigenvalue weighted by Crippen LogP contribution is 2.40. The SMILES string of the molecule is CCNC(c1ccc2c3c(cccc13)CC2)C(F)(F)F. The summed E-state index contributed by atoms with van der Waals surface area (Å²) in [5.74, 6) is 0. The highest BCUT2D eigenvalue weighted by molar-refractivity contribution is 5.93. The summed E-state index contributed by atoms with van der Waals surface area (Å²) in [6.07, 6.45) is -2.43. The van der Waals surface area contributed by atoms with Crippen LogP contribution in [0.15, 0.2) is 30.3 Å². The molecule has 0 amide bonds. The Labute approximate surface area is 115 Å². The fourth-order valence-corrected chi connectivity index (χ4v) is 3.13. The molecule has 0 heterocycles. The Morgan fingerprint density at radius 3 is 2.45 bits per heavy atom. The molecular weight excluding hydrogens is 263 g/mol. The van der Waals surface area contributed by atoms with Crippen molar-refractivity contribution >= 4 is 10.8 Å². The molecule has 4 heteroatoms. The number of nitrogens with one attached hydrogen (secondary N) is 1. The van der Waals surface area contributed by atoms with Gasteiger partial charge in [0, 0.05) is 0 Å². The van der Waals surface area contributed by atoms with E-state index in [4.69, 9.17) is 0 Å². The van der Waals surface area contributed by atoms with Gasteiger partial charge in [0.25, 0.3) is 0 Å². The van der Waals surface area contributed by atoms with Gasteiger partial charge < -0.3 is 5.32 Å². The maximum atomic E-state index is 13.3. The second-order valence-corrected chi connectivity index (χ2v) is 5.19. The van der Waals surface area contributed by atoms with Crippen LogP contribution in [0.3, 0.4) is 0 Å². The molecule has 0 spiro atoms. The zero-order chi connectivity index (χ0) is 14.3. The molecule has 2 aromatic carbocycles. The molecule has 1 aliphatic carbocycles. The second kappa shape index (κ2) is 4.77. The number of aryl methyl sites for hydroxylation is 2. The maximum Gasteiger partial charge on any atom is 0.407 e. The van der Waals surface area contributed by atoms with Crippen molar-refractivity contribution in [2.75, 3.05) is 6.54 Å². The van der Waals surface area contributed by atoms with Crippen molar-refractivity contribution in [3.05, 3.63) is 47.0 Å². The van der Waals surface area contributed by atoms with Crippen LogP contribution in [0.2, 0.25) is 0 Å². The predicted molar refractivity (Wildman–Crippen MR) is 73.8 cm³/mol. The number of halogens is 3. The van der Waals surface area contributed by atoms with E-state index in [1.165, 1.54) is 0 Å². The lowest BCUT2D eigenvalue weighted by molar-refractivity contribution is -0.157. The zero-order valence-electron chi connectivity index (χ0n) is 11.2. The van der Waals surface area contributed by atoms with Gasteiger partial charge in [0.1, 0.15) is 6.04 Å². The summed E-state index contributed by atoms with van der Waals surface area (Å²) in [6.45, 7) is 1.98. The molecule has 1 N–H and O–H groups in total. The molecular formula is C16H16F3N. The second-order valence-electron chi connectivity index (χ2n) is 5.19. The van der Waals surface area contributed by atoms with E-state index >= 15 is 0 Å². The summed E-state index contributed by atoms with van der Waals surface area (Å²) in [5, 5.41) is 4.33. The summed E-state index contributed by atoms with van der Waals surface area (Å²) in [6, 6.07) is 7.56. The van der Waals surface area contributed by atoms with Crippen molar-refractivity contribution in [1.29, 1.82) is 0 Å². The zero-order valence-corrected chi connectivity index (χ0v) is 11.2. The number of hydrogen-bond donors (Lipinski definition) is 1. The molecule has 20 heavy (non-hydrogen) atoms. The third kappa shape index (κ3) is 2.08. The van der Waals surface area contributed by atoms with Crippen LogP contribution in [-0.4, -0.2) is 12.7 Å². The number of rotatable bonds is 3. The highest BCUT2D eigenvalue weighted by atomic mass is 19.4. The Morgan fingerprint density at radius 2 is 1.80 bits per heavy atom. The van der Waals surface area contributed by atoms with Gasteiger partial charge in [-0.1, -0.05) is 37.3 Å². The molecule has 0 bridgehead atoms. The largest absolute Gasteiger partial charge is 0.407 e. The van der Waals surface area contributed by atoms with E-state index in [0.717, 1.165) is 34.7 Å². The van der Waals surface area contributed by atoms with Crippen LogP contribution in [-0.2, 0) is 12.8 Å². The Balaban J connectivity index is 2.22. The third-order valence-electron chi connectivity index (χ3n) is 3.96. The van der Waals surface area contributed by atoms with Crippen LogP contribution in [0.5, 0.6) is 0 Å². The quantitative estimate of drug-likeness (QED) is 0.890. The van der Waals surface area contributed by atoms with Crippen LogP contribution < -0.4 is 5.32 Å². The van der Waals surface area contributed by atoms with Gasteiger partial charge in [-0.05, 0) is 46.8 Å². The van der Waals surface area contributed by atoms with E-state index in [0.29, 0.717) is 5.56 Å². The standard InChI is InChI=1S/C16H16F3N/c1-2-20-15(16(17,18)19)13-9-8-11-7-6-10-4-3-5-12(13)14(10)11/h3-5,8-9,15,20H,2,6-7H2,1H3. The number of benzene rings is 2. The molecule has 0 fully saturated rings. The lowest BCUT2D eigenvalue weighted by atomic mass is 9.95. The lowest BCUT2D eigenvalue weighted by Gasteiger charge is -2.23. The molecule has 1 atom stereocenters. The minimum atomic E-state index is -4.28. The van der Waals surface area contributed by atoms with E-state index in [9.17, 15) is 13.2 Å². The first-order valence-corrected chi connectivity index (χ1v) is 6.86. The Kier molecular flexibility index (Phi) is 3.21. The highest BCUT2D eigenvalue weighted by Gasteiger charge is 2.41. The minimum Gasteiger partial charge on any atom is -0.303 e. The van der Waals surface area contributed by atoms with Crippen LogP contribution in [0.4, 0.5) is 13.2 Å². The van der Waals surface area contributed by atoms with Gasteiger partial charge in [-0.2, -0.15) is 13.2 Å². The average molecular weight is 279 g/mol. The summed E-state index contributed by atoms with van der Waals surface area (Å²) in [4.78, 5) is 0. The normalized spacial score (nSPS) is 15.8. The van der Waals surface area contributed by atoms with E-state index in [-0.39, 0.29) is 6.54 Å². The van der Waals surface area contributed by atoms with Crippen molar-refractivity contribution in [2.45, 2.75) is 32.0 Å². The number of alkyl halides is 3. The van der Waals surface area contributed by atoms with E-state index < -0.39 is 12.2 Å². The van der Waals surface area contributed by atoms with Crippen molar-refractivity contribution < 1.29 is 13.2 Å². The Bertz CT molecular complexity index is 636. The van der Waals surface area contributed by atoms with Gasteiger partial charge >= 0.3 is 6.18 Å². The average Bonchev–Trinajstić information content (AvgIpc) is 2.81. The summed E-state index contributed by atoms with van der Waals surface area (Å²) in [5.41, 5.74) is 2.66. The molecule has 2 aromatic rings. The molecule has 0 saturated heterocycles. The van der Waals surface area contributed by atoms with Crippen molar-refractivity contribution in [1.82, 2.24) is 5.32 Å². The van der Waals surface area contributed by atoms with Crippen molar-refractivity contribution in [3.63, 3.8) is 0 Å². The van der Waals surface area contributed by atoms with Gasteiger partial charge in [0.05, 0.1) is 0 Å². The van der Waals surface area contributed by atoms with Crippen LogP contribution in [0.25, 0.3) is 10.8 Å². The molecule has 0 aliphatic heterocycles. The fraction of sp³-hybridized carbons (Fsp3) is 0.375. The fourth-order valence-electron chi connectivity index (χ4n) is 3.13. The molecule has 0 aromatic heterocycles. The van der Waals surface area contributed by atoms with Gasteiger partial charge in [0.2, 0.25) is 0 Å². The van der Waals surface area contributed by atoms with E-state index in [2.05, 4.69) is 5.32 Å². The first-order chi connectivity index (χ1) is 9.52. The molecule has 1 aliphatic rings. The molecule has 0 radical (unpaired) electrons. The first-order valence-electron chi connectivity index (χ1n) is 6.86. The monoisotopic (exact) mass is 279 g/mol. The van der Waals surface area contributed by atoms with Gasteiger partial charge in [0.15, 0.2) is 0 Å². The van der Waals surface area contributed by atoms with Gasteiger partial charge in [-0.15, -0.1) is 0 Å². The predicted octanol–water partition coefficient (Wildman–Crippen LogP) is 4.15.